The Kier molecular flexibility index (Phi) is 6.93. The highest BCUT2D eigenvalue weighted by atomic mass is 16.6. The molecule has 230 valence electrons. The molecule has 8 heteroatoms. The smallest absolute Gasteiger partial charge is 0.340 e. The number of rotatable bonds is 6. The third-order valence-corrected chi connectivity index (χ3v) is 8.56. The number of fused-ring (bicyclic) bond motifs is 6. The maximum absolute atomic E-state index is 13.9. The van der Waals surface area contributed by atoms with Crippen molar-refractivity contribution in [2.24, 2.45) is 0 Å². The zero-order chi connectivity index (χ0) is 32.2. The number of aryl methyl sites for hydroxylation is 2. The molecule has 1 unspecified atom stereocenters. The van der Waals surface area contributed by atoms with Crippen molar-refractivity contribution in [3.8, 4) is 28.7 Å². The summed E-state index contributed by atoms with van der Waals surface area (Å²) >= 11 is 0. The van der Waals surface area contributed by atoms with Gasteiger partial charge in [0.1, 0.15) is 28.7 Å². The molecule has 2 aliphatic heterocycles. The SMILES string of the molecule is COc1cccc(C(Cc2cc(C)cc(C)c2)NC(=O)c2ccc3c(c2)C(=O)OC32c3ccc(O)cc3Oc3cc(O)ccc32)c1. The van der Waals surface area contributed by atoms with Crippen LogP contribution in [-0.2, 0) is 16.8 Å². The molecule has 0 bridgehead atoms. The first kappa shape index (κ1) is 29.0. The molecule has 46 heavy (non-hydrogen) atoms. The van der Waals surface area contributed by atoms with E-state index in [1.807, 2.05) is 38.1 Å². The number of carbonyl (C=O) groups is 2. The molecule has 2 heterocycles. The van der Waals surface area contributed by atoms with E-state index in [9.17, 15) is 19.8 Å². The van der Waals surface area contributed by atoms with Crippen molar-refractivity contribution >= 4 is 11.9 Å². The fourth-order valence-corrected chi connectivity index (χ4v) is 6.62. The van der Waals surface area contributed by atoms with Crippen molar-refractivity contribution in [2.45, 2.75) is 31.9 Å². The Morgan fingerprint density at radius 1 is 0.826 bits per heavy atom. The summed E-state index contributed by atoms with van der Waals surface area (Å²) in [7, 11) is 1.60. The molecule has 0 aliphatic carbocycles. The predicted molar refractivity (Wildman–Crippen MR) is 171 cm³/mol. The first-order chi connectivity index (χ1) is 22.1. The number of benzene rings is 5. The van der Waals surface area contributed by atoms with Crippen molar-refractivity contribution in [2.75, 3.05) is 7.11 Å². The number of carbonyl (C=O) groups excluding carboxylic acids is 2. The first-order valence-electron chi connectivity index (χ1n) is 14.9. The van der Waals surface area contributed by atoms with Crippen molar-refractivity contribution in [1.29, 1.82) is 0 Å². The molecule has 3 N–H and O–H groups in total. The molecule has 8 nitrogen and oxygen atoms in total. The van der Waals surface area contributed by atoms with Crippen molar-refractivity contribution in [3.63, 3.8) is 0 Å². The lowest BCUT2D eigenvalue weighted by Gasteiger charge is -2.36. The molecule has 0 aromatic heterocycles. The van der Waals surface area contributed by atoms with Gasteiger partial charge in [0.15, 0.2) is 5.60 Å². The lowest BCUT2D eigenvalue weighted by molar-refractivity contribution is 0.0224. The minimum absolute atomic E-state index is 0.0273. The van der Waals surface area contributed by atoms with Crippen LogP contribution >= 0.6 is 0 Å². The van der Waals surface area contributed by atoms with Crippen molar-refractivity contribution in [1.82, 2.24) is 5.32 Å². The largest absolute Gasteiger partial charge is 0.508 e. The molecule has 0 fully saturated rings. The van der Waals surface area contributed by atoms with E-state index in [-0.39, 0.29) is 40.5 Å². The van der Waals surface area contributed by atoms with Gasteiger partial charge in [0.05, 0.1) is 18.7 Å². The molecule has 1 atom stereocenters. The summed E-state index contributed by atoms with van der Waals surface area (Å²) in [6.07, 6.45) is 0.546. The predicted octanol–water partition coefficient (Wildman–Crippen LogP) is 7.01. The standard InChI is InChI=1S/C38H31NO7/c1-21-13-22(2)15-23(14-21)16-33(24-5-4-6-28(17-24)44-3)39-36(42)25-7-10-30-29(18-25)37(43)46-38(30)31-11-8-26(40)19-34(31)45-35-20-27(41)9-12-32(35)38/h4-15,17-20,33,40-41H,16H2,1-3H3,(H,39,42). The number of nitrogens with one attached hydrogen (secondary N) is 1. The summed E-state index contributed by atoms with van der Waals surface area (Å²) in [5, 5.41) is 23.6. The van der Waals surface area contributed by atoms with E-state index in [2.05, 4.69) is 23.5 Å². The molecular weight excluding hydrogens is 582 g/mol. The second-order valence-corrected chi connectivity index (χ2v) is 11.8. The number of methoxy groups -OCH3 is 1. The number of esters is 1. The molecule has 1 amide bonds. The minimum atomic E-state index is -1.40. The summed E-state index contributed by atoms with van der Waals surface area (Å²) in [6, 6.07) is 27.7. The monoisotopic (exact) mass is 613 g/mol. The van der Waals surface area contributed by atoms with Crippen LogP contribution in [0.4, 0.5) is 0 Å². The maximum Gasteiger partial charge on any atom is 0.340 e. The number of phenolic OH excluding ortho intramolecular Hbond substituents is 2. The molecule has 1 spiro atoms. The van der Waals surface area contributed by atoms with E-state index in [0.717, 1.165) is 22.3 Å². The van der Waals surface area contributed by atoms with Gasteiger partial charge in [-0.15, -0.1) is 0 Å². The maximum atomic E-state index is 13.9. The summed E-state index contributed by atoms with van der Waals surface area (Å²) in [5.41, 5.74) is 4.92. The zero-order valence-corrected chi connectivity index (χ0v) is 25.5. The minimum Gasteiger partial charge on any atom is -0.508 e. The average molecular weight is 614 g/mol. The Morgan fingerprint density at radius 3 is 2.13 bits per heavy atom. The Hall–Kier alpha value is -5.76. The Labute approximate surface area is 265 Å². The molecule has 0 saturated carbocycles. The van der Waals surface area contributed by atoms with Crippen LogP contribution < -0.4 is 14.8 Å². The second kappa shape index (κ2) is 11.0. The van der Waals surface area contributed by atoms with Gasteiger partial charge in [0.2, 0.25) is 0 Å². The molecule has 0 radical (unpaired) electrons. The fourth-order valence-electron chi connectivity index (χ4n) is 6.62. The van der Waals surface area contributed by atoms with Gasteiger partial charge in [0, 0.05) is 34.4 Å². The second-order valence-electron chi connectivity index (χ2n) is 11.8. The zero-order valence-electron chi connectivity index (χ0n) is 25.5. The van der Waals surface area contributed by atoms with Crippen LogP contribution in [0.5, 0.6) is 28.7 Å². The summed E-state index contributed by atoms with van der Waals surface area (Å²) in [6.45, 7) is 4.10. The van der Waals surface area contributed by atoms with Gasteiger partial charge in [-0.05, 0) is 79.9 Å². The topological polar surface area (TPSA) is 114 Å². The Bertz CT molecular complexity index is 1980. The highest BCUT2D eigenvalue weighted by molar-refractivity contribution is 6.01. The summed E-state index contributed by atoms with van der Waals surface area (Å²) in [5.74, 6) is 0.240. The van der Waals surface area contributed by atoms with Gasteiger partial charge in [0.25, 0.3) is 5.91 Å². The third kappa shape index (κ3) is 4.88. The van der Waals surface area contributed by atoms with Gasteiger partial charge in [-0.2, -0.15) is 0 Å². The highest BCUT2D eigenvalue weighted by Crippen LogP contribution is 2.57. The van der Waals surface area contributed by atoms with E-state index in [1.165, 1.54) is 24.3 Å². The van der Waals surface area contributed by atoms with E-state index in [0.29, 0.717) is 34.4 Å². The van der Waals surface area contributed by atoms with Gasteiger partial charge in [-0.3, -0.25) is 4.79 Å². The molecular formula is C38H31NO7. The van der Waals surface area contributed by atoms with Crippen LogP contribution in [0, 0.1) is 13.8 Å². The lowest BCUT2D eigenvalue weighted by atomic mass is 9.77. The van der Waals surface area contributed by atoms with Crippen LogP contribution in [0.1, 0.15) is 65.7 Å². The van der Waals surface area contributed by atoms with Gasteiger partial charge in [-0.25, -0.2) is 4.79 Å². The van der Waals surface area contributed by atoms with Crippen LogP contribution in [0.25, 0.3) is 0 Å². The molecule has 7 rings (SSSR count). The Balaban J connectivity index is 1.28. The molecule has 2 aliphatic rings. The Morgan fingerprint density at radius 2 is 1.48 bits per heavy atom. The number of amides is 1. The first-order valence-corrected chi connectivity index (χ1v) is 14.9. The van der Waals surface area contributed by atoms with E-state index >= 15 is 0 Å². The third-order valence-electron chi connectivity index (χ3n) is 8.56. The molecule has 5 aromatic rings. The van der Waals surface area contributed by atoms with Crippen molar-refractivity contribution in [3.05, 3.63) is 147 Å². The normalized spacial score (nSPS) is 14.4. The van der Waals surface area contributed by atoms with Crippen LogP contribution in [0.2, 0.25) is 0 Å². The van der Waals surface area contributed by atoms with Crippen molar-refractivity contribution < 1.29 is 34.0 Å². The fraction of sp³-hybridized carbons (Fsp3) is 0.158. The van der Waals surface area contributed by atoms with E-state index in [1.54, 1.807) is 37.4 Å². The molecule has 5 aromatic carbocycles. The van der Waals surface area contributed by atoms with E-state index < -0.39 is 11.6 Å². The molecule has 0 saturated heterocycles. The van der Waals surface area contributed by atoms with Crippen LogP contribution in [0.3, 0.4) is 0 Å². The summed E-state index contributed by atoms with van der Waals surface area (Å²) < 4.78 is 17.7. The van der Waals surface area contributed by atoms with Crippen LogP contribution in [0.15, 0.2) is 97.1 Å². The van der Waals surface area contributed by atoms with Gasteiger partial charge in [-0.1, -0.05) is 47.5 Å². The number of hydrogen-bond acceptors (Lipinski definition) is 7. The van der Waals surface area contributed by atoms with E-state index in [4.69, 9.17) is 14.2 Å². The van der Waals surface area contributed by atoms with Gasteiger partial charge >= 0.3 is 5.97 Å². The summed E-state index contributed by atoms with van der Waals surface area (Å²) in [4.78, 5) is 27.5. The number of hydrogen-bond donors (Lipinski definition) is 3. The van der Waals surface area contributed by atoms with Crippen LogP contribution in [-0.4, -0.2) is 29.2 Å². The average Bonchev–Trinajstić information content (AvgIpc) is 3.31. The quantitative estimate of drug-likeness (QED) is 0.177. The lowest BCUT2D eigenvalue weighted by Crippen LogP contribution is -2.33. The number of phenols is 2. The van der Waals surface area contributed by atoms with Gasteiger partial charge < -0.3 is 29.7 Å². The highest BCUT2D eigenvalue weighted by Gasteiger charge is 2.53. The number of ether oxygens (including phenoxy) is 3. The number of aromatic hydroxyl groups is 2.